The van der Waals surface area contributed by atoms with Crippen molar-refractivity contribution >= 4 is 0 Å². The van der Waals surface area contributed by atoms with Gasteiger partial charge in [-0.1, -0.05) is 0 Å². The first kappa shape index (κ1) is 10.3. The maximum absolute atomic E-state index is 5.97. The average Bonchev–Trinajstić information content (AvgIpc) is 2.27. The first-order valence-electron chi connectivity index (χ1n) is 5.23. The Kier molecular flexibility index (Phi) is 2.82. The lowest BCUT2D eigenvalue weighted by Crippen LogP contribution is -2.37. The number of hydrogen-bond acceptors (Lipinski definition) is 3. The van der Waals surface area contributed by atoms with Crippen LogP contribution >= 0.6 is 0 Å². The molecule has 0 saturated heterocycles. The molecule has 3 nitrogen and oxygen atoms in total. The van der Waals surface area contributed by atoms with E-state index in [1.807, 2.05) is 18.2 Å². The summed E-state index contributed by atoms with van der Waals surface area (Å²) in [6, 6.07) is 6.15. The summed E-state index contributed by atoms with van der Waals surface area (Å²) < 4.78 is 10.6. The molecular weight excluding hydrogens is 190 g/mol. The van der Waals surface area contributed by atoms with Crippen molar-refractivity contribution in [3.63, 3.8) is 0 Å². The highest BCUT2D eigenvalue weighted by Crippen LogP contribution is 2.41. The van der Waals surface area contributed by atoms with Crippen LogP contribution in [0.3, 0.4) is 0 Å². The van der Waals surface area contributed by atoms with E-state index in [0.29, 0.717) is 5.92 Å². The smallest absolute Gasteiger partial charge is 0.122 e. The molecule has 1 aliphatic carbocycles. The van der Waals surface area contributed by atoms with Crippen molar-refractivity contribution < 1.29 is 9.47 Å². The molecule has 1 saturated carbocycles. The summed E-state index contributed by atoms with van der Waals surface area (Å²) in [5, 5.41) is 0. The Hall–Kier alpha value is -1.22. The van der Waals surface area contributed by atoms with Crippen LogP contribution in [-0.2, 0) is 0 Å². The minimum atomic E-state index is 0.269. The van der Waals surface area contributed by atoms with Gasteiger partial charge in [-0.15, -0.1) is 0 Å². The van der Waals surface area contributed by atoms with E-state index in [4.69, 9.17) is 15.2 Å². The van der Waals surface area contributed by atoms with Crippen molar-refractivity contribution in [1.29, 1.82) is 0 Å². The van der Waals surface area contributed by atoms with E-state index in [-0.39, 0.29) is 6.04 Å². The average molecular weight is 207 g/mol. The lowest BCUT2D eigenvalue weighted by atomic mass is 9.75. The minimum absolute atomic E-state index is 0.269. The van der Waals surface area contributed by atoms with Gasteiger partial charge in [0.2, 0.25) is 0 Å². The maximum atomic E-state index is 5.97. The SMILES string of the molecule is COc1ccc(OC)c(C2CCC2N)c1. The maximum Gasteiger partial charge on any atom is 0.122 e. The monoisotopic (exact) mass is 207 g/mol. The fourth-order valence-electron chi connectivity index (χ4n) is 2.04. The number of methoxy groups -OCH3 is 2. The molecule has 2 rings (SSSR count). The fraction of sp³-hybridized carbons (Fsp3) is 0.500. The highest BCUT2D eigenvalue weighted by molar-refractivity contribution is 5.44. The number of hydrogen-bond donors (Lipinski definition) is 1. The number of ether oxygens (including phenoxy) is 2. The van der Waals surface area contributed by atoms with E-state index < -0.39 is 0 Å². The molecule has 0 amide bonds. The standard InChI is InChI=1S/C12H17NO2/c1-14-8-3-6-12(15-2)10(7-8)9-4-5-11(9)13/h3,6-7,9,11H,4-5,13H2,1-2H3. The third-order valence-electron chi connectivity index (χ3n) is 3.16. The first-order valence-corrected chi connectivity index (χ1v) is 5.23. The Morgan fingerprint density at radius 3 is 2.47 bits per heavy atom. The molecule has 0 bridgehead atoms. The van der Waals surface area contributed by atoms with E-state index in [1.54, 1.807) is 14.2 Å². The molecular formula is C12H17NO2. The summed E-state index contributed by atoms with van der Waals surface area (Å²) in [6.45, 7) is 0. The zero-order valence-corrected chi connectivity index (χ0v) is 9.19. The van der Waals surface area contributed by atoms with Gasteiger partial charge < -0.3 is 15.2 Å². The molecule has 2 atom stereocenters. The molecule has 0 aliphatic heterocycles. The normalized spacial score (nSPS) is 24.5. The Labute approximate surface area is 90.2 Å². The van der Waals surface area contributed by atoms with E-state index >= 15 is 0 Å². The molecule has 0 aromatic heterocycles. The van der Waals surface area contributed by atoms with Gasteiger partial charge in [-0.05, 0) is 31.0 Å². The van der Waals surface area contributed by atoms with E-state index in [1.165, 1.54) is 5.56 Å². The van der Waals surface area contributed by atoms with Gasteiger partial charge in [-0.2, -0.15) is 0 Å². The predicted molar refractivity (Wildman–Crippen MR) is 59.5 cm³/mol. The molecule has 0 spiro atoms. The molecule has 15 heavy (non-hydrogen) atoms. The van der Waals surface area contributed by atoms with Gasteiger partial charge in [-0.3, -0.25) is 0 Å². The molecule has 2 unspecified atom stereocenters. The van der Waals surface area contributed by atoms with Gasteiger partial charge in [0.25, 0.3) is 0 Å². The van der Waals surface area contributed by atoms with Gasteiger partial charge in [-0.25, -0.2) is 0 Å². The van der Waals surface area contributed by atoms with Gasteiger partial charge in [0.1, 0.15) is 11.5 Å². The van der Waals surface area contributed by atoms with Crippen molar-refractivity contribution in [1.82, 2.24) is 0 Å². The van der Waals surface area contributed by atoms with Gasteiger partial charge in [0.15, 0.2) is 0 Å². The second-order valence-corrected chi connectivity index (χ2v) is 3.96. The van der Waals surface area contributed by atoms with E-state index in [9.17, 15) is 0 Å². The lowest BCUT2D eigenvalue weighted by molar-refractivity contribution is 0.326. The number of rotatable bonds is 3. The van der Waals surface area contributed by atoms with Crippen LogP contribution in [0.15, 0.2) is 18.2 Å². The Morgan fingerprint density at radius 2 is 2.00 bits per heavy atom. The van der Waals surface area contributed by atoms with Gasteiger partial charge in [0.05, 0.1) is 14.2 Å². The molecule has 1 aromatic rings. The van der Waals surface area contributed by atoms with Crippen LogP contribution in [0.25, 0.3) is 0 Å². The number of benzene rings is 1. The van der Waals surface area contributed by atoms with Crippen molar-refractivity contribution in [2.24, 2.45) is 5.73 Å². The molecule has 0 heterocycles. The van der Waals surface area contributed by atoms with Gasteiger partial charge in [0, 0.05) is 17.5 Å². The third-order valence-corrected chi connectivity index (χ3v) is 3.16. The summed E-state index contributed by atoms with van der Waals surface area (Å²) >= 11 is 0. The Bertz CT molecular complexity index is 351. The second-order valence-electron chi connectivity index (χ2n) is 3.96. The summed E-state index contributed by atoms with van der Waals surface area (Å²) in [7, 11) is 3.36. The van der Waals surface area contributed by atoms with Crippen LogP contribution in [0.1, 0.15) is 24.3 Å². The zero-order chi connectivity index (χ0) is 10.8. The Morgan fingerprint density at radius 1 is 1.20 bits per heavy atom. The van der Waals surface area contributed by atoms with Crippen LogP contribution in [-0.4, -0.2) is 20.3 Å². The lowest BCUT2D eigenvalue weighted by Gasteiger charge is -2.34. The van der Waals surface area contributed by atoms with Crippen molar-refractivity contribution in [3.05, 3.63) is 23.8 Å². The van der Waals surface area contributed by atoms with E-state index in [2.05, 4.69) is 0 Å². The molecule has 3 heteroatoms. The predicted octanol–water partition coefficient (Wildman–Crippen LogP) is 1.91. The fourth-order valence-corrected chi connectivity index (χ4v) is 2.04. The quantitative estimate of drug-likeness (QED) is 0.823. The highest BCUT2D eigenvalue weighted by atomic mass is 16.5. The largest absolute Gasteiger partial charge is 0.497 e. The summed E-state index contributed by atoms with van der Waals surface area (Å²) in [5.41, 5.74) is 7.15. The number of nitrogens with two attached hydrogens (primary N) is 1. The van der Waals surface area contributed by atoms with Gasteiger partial charge >= 0.3 is 0 Å². The highest BCUT2D eigenvalue weighted by Gasteiger charge is 2.31. The topological polar surface area (TPSA) is 44.5 Å². The van der Waals surface area contributed by atoms with Crippen LogP contribution in [0.2, 0.25) is 0 Å². The van der Waals surface area contributed by atoms with E-state index in [0.717, 1.165) is 24.3 Å². The zero-order valence-electron chi connectivity index (χ0n) is 9.19. The van der Waals surface area contributed by atoms with Crippen molar-refractivity contribution in [2.45, 2.75) is 24.8 Å². The van der Waals surface area contributed by atoms with Crippen molar-refractivity contribution in [3.8, 4) is 11.5 Å². The molecule has 82 valence electrons. The van der Waals surface area contributed by atoms with Crippen LogP contribution in [0, 0.1) is 0 Å². The third kappa shape index (κ3) is 1.79. The van der Waals surface area contributed by atoms with Crippen LogP contribution in [0.5, 0.6) is 11.5 Å². The summed E-state index contributed by atoms with van der Waals surface area (Å²) in [4.78, 5) is 0. The minimum Gasteiger partial charge on any atom is -0.497 e. The van der Waals surface area contributed by atoms with Crippen molar-refractivity contribution in [2.75, 3.05) is 14.2 Å². The van der Waals surface area contributed by atoms with Crippen LogP contribution < -0.4 is 15.2 Å². The van der Waals surface area contributed by atoms with Crippen LogP contribution in [0.4, 0.5) is 0 Å². The summed E-state index contributed by atoms with van der Waals surface area (Å²) in [6.07, 6.45) is 2.25. The Balaban J connectivity index is 2.33. The summed E-state index contributed by atoms with van der Waals surface area (Å²) in [5.74, 6) is 2.20. The molecule has 1 aromatic carbocycles. The molecule has 1 fully saturated rings. The second kappa shape index (κ2) is 4.11. The first-order chi connectivity index (χ1) is 7.26. The molecule has 2 N–H and O–H groups in total. The molecule has 0 radical (unpaired) electrons. The molecule has 1 aliphatic rings.